The van der Waals surface area contributed by atoms with Gasteiger partial charge in [-0.15, -0.1) is 0 Å². The largest absolute Gasteiger partial charge is 0.376 e. The van der Waals surface area contributed by atoms with Crippen molar-refractivity contribution in [3.63, 3.8) is 0 Å². The molecule has 0 bridgehead atoms. The molecule has 0 radical (unpaired) electrons. The molecule has 28 heavy (non-hydrogen) atoms. The number of anilines is 1. The first-order chi connectivity index (χ1) is 13.5. The van der Waals surface area contributed by atoms with Crippen LogP contribution in [0.3, 0.4) is 0 Å². The Bertz CT molecular complexity index is 986. The summed E-state index contributed by atoms with van der Waals surface area (Å²) in [6.07, 6.45) is 1.91. The van der Waals surface area contributed by atoms with Gasteiger partial charge in [0, 0.05) is 23.7 Å². The van der Waals surface area contributed by atoms with Crippen LogP contribution in [0.4, 0.5) is 5.69 Å². The average Bonchev–Trinajstić information content (AvgIpc) is 3.29. The summed E-state index contributed by atoms with van der Waals surface area (Å²) in [7, 11) is 0. The van der Waals surface area contributed by atoms with Crippen molar-refractivity contribution in [1.82, 2.24) is 5.32 Å². The molecule has 2 aliphatic rings. The van der Waals surface area contributed by atoms with Crippen LogP contribution in [0.5, 0.6) is 0 Å². The van der Waals surface area contributed by atoms with E-state index in [1.54, 1.807) is 6.07 Å². The summed E-state index contributed by atoms with van der Waals surface area (Å²) in [5.74, 6) is -1.37. The molecule has 1 N–H and O–H groups in total. The number of nitrogens with zero attached hydrogens (tertiary/aromatic N) is 1. The molecule has 6 nitrogen and oxygen atoms in total. The van der Waals surface area contributed by atoms with Gasteiger partial charge < -0.3 is 10.1 Å². The lowest BCUT2D eigenvalue weighted by Crippen LogP contribution is -2.31. The molecule has 2 heterocycles. The highest BCUT2D eigenvalue weighted by atomic mass is 35.5. The van der Waals surface area contributed by atoms with E-state index in [1.165, 1.54) is 30.3 Å². The standard InChI is InChI=1S/C20H16Cl2N2O4/c21-12-4-6-16(22)17(9-12)24-19(26)14-5-3-11(8-15(14)20(24)27)18(25)23-10-13-2-1-7-28-13/h3-6,8-9,13H,1-2,7,10H2,(H,23,25)/t13-/m1/s1. The number of benzene rings is 2. The summed E-state index contributed by atoms with van der Waals surface area (Å²) in [5, 5.41) is 3.39. The van der Waals surface area contributed by atoms with E-state index < -0.39 is 11.8 Å². The third-order valence-corrected chi connectivity index (χ3v) is 5.37. The highest BCUT2D eigenvalue weighted by molar-refractivity contribution is 6.41. The Balaban J connectivity index is 1.58. The molecular formula is C20H16Cl2N2O4. The van der Waals surface area contributed by atoms with Crippen LogP contribution in [0.15, 0.2) is 36.4 Å². The van der Waals surface area contributed by atoms with Gasteiger partial charge in [0.1, 0.15) is 0 Å². The van der Waals surface area contributed by atoms with Crippen molar-refractivity contribution < 1.29 is 19.1 Å². The van der Waals surface area contributed by atoms with Crippen LogP contribution in [-0.2, 0) is 4.74 Å². The lowest BCUT2D eigenvalue weighted by atomic mass is 10.1. The van der Waals surface area contributed by atoms with Crippen LogP contribution < -0.4 is 10.2 Å². The topological polar surface area (TPSA) is 75.7 Å². The van der Waals surface area contributed by atoms with E-state index >= 15 is 0 Å². The first-order valence-corrected chi connectivity index (χ1v) is 9.59. The van der Waals surface area contributed by atoms with Gasteiger partial charge in [-0.1, -0.05) is 23.2 Å². The van der Waals surface area contributed by atoms with Gasteiger partial charge in [0.2, 0.25) is 0 Å². The molecule has 1 fully saturated rings. The SMILES string of the molecule is O=C(NC[C@H]1CCCO1)c1ccc2c(c1)C(=O)N(c1cc(Cl)ccc1Cl)C2=O. The highest BCUT2D eigenvalue weighted by Gasteiger charge is 2.38. The second kappa shape index (κ2) is 7.54. The van der Waals surface area contributed by atoms with Gasteiger partial charge in [0.25, 0.3) is 17.7 Å². The fourth-order valence-electron chi connectivity index (χ4n) is 3.37. The molecule has 144 valence electrons. The lowest BCUT2D eigenvalue weighted by Gasteiger charge is -2.15. The number of amides is 3. The molecule has 0 unspecified atom stereocenters. The van der Waals surface area contributed by atoms with Crippen molar-refractivity contribution in [3.05, 3.63) is 63.1 Å². The van der Waals surface area contributed by atoms with Crippen molar-refractivity contribution in [1.29, 1.82) is 0 Å². The first-order valence-electron chi connectivity index (χ1n) is 8.83. The lowest BCUT2D eigenvalue weighted by molar-refractivity contribution is 0.0857. The number of fused-ring (bicyclic) bond motifs is 1. The predicted octanol–water partition coefficient (Wildman–Crippen LogP) is 3.70. The van der Waals surface area contributed by atoms with Crippen molar-refractivity contribution in [2.75, 3.05) is 18.1 Å². The van der Waals surface area contributed by atoms with Crippen molar-refractivity contribution in [2.24, 2.45) is 0 Å². The van der Waals surface area contributed by atoms with Crippen LogP contribution in [0, 0.1) is 0 Å². The van der Waals surface area contributed by atoms with E-state index in [4.69, 9.17) is 27.9 Å². The van der Waals surface area contributed by atoms with Crippen LogP contribution in [0.25, 0.3) is 0 Å². The van der Waals surface area contributed by atoms with Crippen molar-refractivity contribution >= 4 is 46.6 Å². The minimum atomic E-state index is -0.544. The molecule has 0 aliphatic carbocycles. The maximum absolute atomic E-state index is 12.9. The fourth-order valence-corrected chi connectivity index (χ4v) is 3.74. The minimum Gasteiger partial charge on any atom is -0.376 e. The number of halogens is 2. The van der Waals surface area contributed by atoms with Crippen LogP contribution in [0.1, 0.15) is 43.9 Å². The van der Waals surface area contributed by atoms with Crippen LogP contribution in [0.2, 0.25) is 10.0 Å². The quantitative estimate of drug-likeness (QED) is 0.767. The summed E-state index contributed by atoms with van der Waals surface area (Å²) in [4.78, 5) is 39.0. The number of hydrogen-bond acceptors (Lipinski definition) is 4. The molecule has 1 saturated heterocycles. The molecule has 2 aromatic carbocycles. The predicted molar refractivity (Wildman–Crippen MR) is 105 cm³/mol. The molecule has 4 rings (SSSR count). The molecule has 2 aliphatic heterocycles. The zero-order valence-corrected chi connectivity index (χ0v) is 16.2. The van der Waals surface area contributed by atoms with Gasteiger partial charge in [-0.05, 0) is 49.2 Å². The third kappa shape index (κ3) is 3.39. The van der Waals surface area contributed by atoms with E-state index in [0.29, 0.717) is 23.7 Å². The smallest absolute Gasteiger partial charge is 0.266 e. The second-order valence-electron chi connectivity index (χ2n) is 6.65. The summed E-state index contributed by atoms with van der Waals surface area (Å²) in [6, 6.07) is 8.99. The highest BCUT2D eigenvalue weighted by Crippen LogP contribution is 2.35. The van der Waals surface area contributed by atoms with Gasteiger partial charge in [0.15, 0.2) is 0 Å². The Morgan fingerprint density at radius 1 is 1.11 bits per heavy atom. The number of nitrogens with one attached hydrogen (secondary N) is 1. The Hall–Kier alpha value is -2.41. The molecule has 1 atom stereocenters. The number of imide groups is 1. The van der Waals surface area contributed by atoms with Crippen molar-refractivity contribution in [2.45, 2.75) is 18.9 Å². The first kappa shape index (κ1) is 18.9. The van der Waals surface area contributed by atoms with E-state index in [9.17, 15) is 14.4 Å². The Morgan fingerprint density at radius 3 is 2.64 bits per heavy atom. The number of hydrogen-bond donors (Lipinski definition) is 1. The molecule has 8 heteroatoms. The maximum Gasteiger partial charge on any atom is 0.266 e. The number of carbonyl (C=O) groups excluding carboxylic acids is 3. The summed E-state index contributed by atoms with van der Waals surface area (Å²) in [6.45, 7) is 1.12. The summed E-state index contributed by atoms with van der Waals surface area (Å²) >= 11 is 12.1. The molecular weight excluding hydrogens is 403 g/mol. The van der Waals surface area contributed by atoms with Gasteiger partial charge in [0.05, 0.1) is 27.9 Å². The molecule has 3 amide bonds. The molecule has 0 spiro atoms. The van der Waals surface area contributed by atoms with Crippen LogP contribution >= 0.6 is 23.2 Å². The molecule has 0 aromatic heterocycles. The average molecular weight is 419 g/mol. The van der Waals surface area contributed by atoms with E-state index in [-0.39, 0.29) is 33.8 Å². The third-order valence-electron chi connectivity index (χ3n) is 4.81. The van der Waals surface area contributed by atoms with Gasteiger partial charge in [-0.25, -0.2) is 4.90 Å². The molecule has 0 saturated carbocycles. The Kier molecular flexibility index (Phi) is 5.10. The second-order valence-corrected chi connectivity index (χ2v) is 7.49. The normalized spacial score (nSPS) is 18.5. The monoisotopic (exact) mass is 418 g/mol. The summed E-state index contributed by atoms with van der Waals surface area (Å²) < 4.78 is 5.48. The van der Waals surface area contributed by atoms with Gasteiger partial charge in [-0.2, -0.15) is 0 Å². The molecule has 2 aromatic rings. The number of rotatable bonds is 4. The minimum absolute atomic E-state index is 0.0158. The summed E-state index contributed by atoms with van der Waals surface area (Å²) in [5.41, 5.74) is 0.893. The van der Waals surface area contributed by atoms with Crippen molar-refractivity contribution in [3.8, 4) is 0 Å². The Labute approximate surface area is 171 Å². The van der Waals surface area contributed by atoms with Crippen LogP contribution in [-0.4, -0.2) is 37.0 Å². The van der Waals surface area contributed by atoms with E-state index in [0.717, 1.165) is 17.7 Å². The zero-order valence-electron chi connectivity index (χ0n) is 14.7. The van der Waals surface area contributed by atoms with E-state index in [1.807, 2.05) is 0 Å². The number of ether oxygens (including phenoxy) is 1. The maximum atomic E-state index is 12.9. The van der Waals surface area contributed by atoms with Gasteiger partial charge in [-0.3, -0.25) is 14.4 Å². The zero-order chi connectivity index (χ0) is 19.8. The Morgan fingerprint density at radius 2 is 1.89 bits per heavy atom. The number of carbonyl (C=O) groups is 3. The van der Waals surface area contributed by atoms with Gasteiger partial charge >= 0.3 is 0 Å². The fraction of sp³-hybridized carbons (Fsp3) is 0.250. The van der Waals surface area contributed by atoms with E-state index in [2.05, 4.69) is 5.32 Å².